The zero-order valence-corrected chi connectivity index (χ0v) is 19.7. The van der Waals surface area contributed by atoms with E-state index in [1.54, 1.807) is 17.0 Å². The SMILES string of the molecule is Cc1ccccc1N/C(=N\C#N)N1CCN(C(=O)Nc2ccc3c(c2)OCCO3)CC1C(C)C. The predicted octanol–water partition coefficient (Wildman–Crippen LogP) is 3.89. The van der Waals surface area contributed by atoms with Crippen molar-refractivity contribution in [2.24, 2.45) is 10.9 Å². The number of fused-ring (bicyclic) bond motifs is 1. The Morgan fingerprint density at radius 2 is 1.88 bits per heavy atom. The number of anilines is 2. The standard InChI is InChI=1S/C25H30N6O3/c1-17(2)21-15-30(25(32)28-19-8-9-22-23(14-19)34-13-12-33-22)10-11-31(21)24(27-16-26)29-20-7-5-4-6-18(20)3/h4-9,14,17,21H,10-13,15H2,1-3H3,(H,27,29)(H,28,32). The van der Waals surface area contributed by atoms with Crippen LogP contribution in [0.25, 0.3) is 0 Å². The number of guanidine groups is 1. The molecule has 1 fully saturated rings. The molecule has 1 atom stereocenters. The zero-order chi connectivity index (χ0) is 24.1. The number of carbonyl (C=O) groups excluding carboxylic acids is 1. The summed E-state index contributed by atoms with van der Waals surface area (Å²) < 4.78 is 11.2. The molecule has 2 aliphatic rings. The smallest absolute Gasteiger partial charge is 0.321 e. The first kappa shape index (κ1) is 23.2. The summed E-state index contributed by atoms with van der Waals surface area (Å²) in [6, 6.07) is 13.1. The van der Waals surface area contributed by atoms with Crippen LogP contribution >= 0.6 is 0 Å². The fourth-order valence-corrected chi connectivity index (χ4v) is 4.20. The van der Waals surface area contributed by atoms with Crippen molar-refractivity contribution in [3.8, 4) is 17.7 Å². The van der Waals surface area contributed by atoms with Gasteiger partial charge in [0.1, 0.15) is 13.2 Å². The van der Waals surface area contributed by atoms with Crippen LogP contribution < -0.4 is 20.1 Å². The molecule has 1 saturated heterocycles. The minimum atomic E-state index is -0.174. The summed E-state index contributed by atoms with van der Waals surface area (Å²) in [4.78, 5) is 21.0. The monoisotopic (exact) mass is 462 g/mol. The second-order valence-electron chi connectivity index (χ2n) is 8.71. The maximum absolute atomic E-state index is 13.1. The van der Waals surface area contributed by atoms with Crippen molar-refractivity contribution in [3.05, 3.63) is 48.0 Å². The highest BCUT2D eigenvalue weighted by molar-refractivity contribution is 5.95. The molecule has 2 aromatic carbocycles. The van der Waals surface area contributed by atoms with E-state index in [0.29, 0.717) is 56.0 Å². The van der Waals surface area contributed by atoms with Crippen molar-refractivity contribution in [2.45, 2.75) is 26.8 Å². The molecule has 0 saturated carbocycles. The van der Waals surface area contributed by atoms with Crippen LogP contribution in [0.3, 0.4) is 0 Å². The third-order valence-corrected chi connectivity index (χ3v) is 6.09. The number of nitrogens with one attached hydrogen (secondary N) is 2. The summed E-state index contributed by atoms with van der Waals surface area (Å²) in [5.41, 5.74) is 2.62. The molecule has 2 N–H and O–H groups in total. The molecule has 0 aromatic heterocycles. The number of aryl methyl sites for hydroxylation is 1. The summed E-state index contributed by atoms with van der Waals surface area (Å²) in [5, 5.41) is 15.6. The first-order valence-electron chi connectivity index (χ1n) is 11.5. The topological polar surface area (TPSA) is 102 Å². The number of nitrogens with zero attached hydrogens (tertiary/aromatic N) is 4. The quantitative estimate of drug-likeness (QED) is 0.408. The van der Waals surface area contributed by atoms with Gasteiger partial charge in [-0.05, 0) is 36.6 Å². The van der Waals surface area contributed by atoms with Gasteiger partial charge in [-0.25, -0.2) is 4.79 Å². The van der Waals surface area contributed by atoms with E-state index in [1.165, 1.54) is 0 Å². The number of aliphatic imine (C=N–C) groups is 1. The van der Waals surface area contributed by atoms with E-state index in [0.717, 1.165) is 11.3 Å². The lowest BCUT2D eigenvalue weighted by Crippen LogP contribution is -2.60. The number of ether oxygens (including phenoxy) is 2. The minimum absolute atomic E-state index is 0.0108. The van der Waals surface area contributed by atoms with Crippen molar-refractivity contribution in [3.63, 3.8) is 0 Å². The van der Waals surface area contributed by atoms with Gasteiger partial charge in [0.2, 0.25) is 12.2 Å². The molecular weight excluding hydrogens is 432 g/mol. The van der Waals surface area contributed by atoms with Gasteiger partial charge < -0.3 is 29.9 Å². The largest absolute Gasteiger partial charge is 0.486 e. The number of rotatable bonds is 3. The molecule has 2 aromatic rings. The van der Waals surface area contributed by atoms with Crippen LogP contribution in [0, 0.1) is 24.3 Å². The second kappa shape index (κ2) is 10.3. The van der Waals surface area contributed by atoms with E-state index in [1.807, 2.05) is 43.4 Å². The number of benzene rings is 2. The van der Waals surface area contributed by atoms with Crippen molar-refractivity contribution in [1.29, 1.82) is 5.26 Å². The van der Waals surface area contributed by atoms with Crippen molar-refractivity contribution >= 4 is 23.4 Å². The molecule has 2 aliphatic heterocycles. The number of piperazine rings is 1. The first-order chi connectivity index (χ1) is 16.5. The fourth-order valence-electron chi connectivity index (χ4n) is 4.20. The highest BCUT2D eigenvalue weighted by Gasteiger charge is 2.34. The Kier molecular flexibility index (Phi) is 7.07. The molecule has 0 aliphatic carbocycles. The average Bonchev–Trinajstić information content (AvgIpc) is 2.84. The number of nitriles is 1. The zero-order valence-electron chi connectivity index (χ0n) is 19.7. The molecule has 1 unspecified atom stereocenters. The van der Waals surface area contributed by atoms with E-state index in [4.69, 9.17) is 9.47 Å². The van der Waals surface area contributed by atoms with Crippen LogP contribution in [0.15, 0.2) is 47.5 Å². The molecular formula is C25H30N6O3. The van der Waals surface area contributed by atoms with Gasteiger partial charge in [-0.1, -0.05) is 32.0 Å². The fraction of sp³-hybridized carbons (Fsp3) is 0.400. The maximum Gasteiger partial charge on any atom is 0.321 e. The van der Waals surface area contributed by atoms with E-state index in [9.17, 15) is 10.1 Å². The van der Waals surface area contributed by atoms with E-state index in [2.05, 4.69) is 34.4 Å². The number of urea groups is 1. The average molecular weight is 463 g/mol. The normalized spacial score (nSPS) is 17.9. The van der Waals surface area contributed by atoms with Gasteiger partial charge in [0.15, 0.2) is 11.5 Å². The van der Waals surface area contributed by atoms with E-state index in [-0.39, 0.29) is 18.0 Å². The van der Waals surface area contributed by atoms with Gasteiger partial charge in [-0.15, -0.1) is 4.99 Å². The van der Waals surface area contributed by atoms with Crippen molar-refractivity contribution in [1.82, 2.24) is 9.80 Å². The predicted molar refractivity (Wildman–Crippen MR) is 131 cm³/mol. The van der Waals surface area contributed by atoms with Gasteiger partial charge in [0.25, 0.3) is 0 Å². The van der Waals surface area contributed by atoms with Gasteiger partial charge in [-0.3, -0.25) is 0 Å². The molecule has 9 heteroatoms. The van der Waals surface area contributed by atoms with Crippen molar-refractivity contribution < 1.29 is 14.3 Å². The Morgan fingerprint density at radius 3 is 2.62 bits per heavy atom. The number of amides is 2. The maximum atomic E-state index is 13.1. The van der Waals surface area contributed by atoms with Crippen LogP contribution in [-0.2, 0) is 0 Å². The molecule has 0 spiro atoms. The van der Waals surface area contributed by atoms with E-state index >= 15 is 0 Å². The van der Waals surface area contributed by atoms with Crippen molar-refractivity contribution in [2.75, 3.05) is 43.5 Å². The number of para-hydroxylation sites is 1. The molecule has 9 nitrogen and oxygen atoms in total. The lowest BCUT2D eigenvalue weighted by atomic mass is 10.00. The minimum Gasteiger partial charge on any atom is -0.486 e. The summed E-state index contributed by atoms with van der Waals surface area (Å²) in [7, 11) is 0. The van der Waals surface area contributed by atoms with Crippen LogP contribution in [0.5, 0.6) is 11.5 Å². The van der Waals surface area contributed by atoms with E-state index < -0.39 is 0 Å². The van der Waals surface area contributed by atoms with Crippen LogP contribution in [-0.4, -0.2) is 60.7 Å². The third-order valence-electron chi connectivity index (χ3n) is 6.09. The molecule has 2 heterocycles. The Morgan fingerprint density at radius 1 is 1.12 bits per heavy atom. The van der Waals surface area contributed by atoms with Gasteiger partial charge in [-0.2, -0.15) is 5.26 Å². The van der Waals surface area contributed by atoms with Crippen LogP contribution in [0.1, 0.15) is 19.4 Å². The highest BCUT2D eigenvalue weighted by atomic mass is 16.6. The van der Waals surface area contributed by atoms with Crippen LogP contribution in [0.4, 0.5) is 16.2 Å². The molecule has 178 valence electrons. The third kappa shape index (κ3) is 5.17. The summed E-state index contributed by atoms with van der Waals surface area (Å²) >= 11 is 0. The second-order valence-corrected chi connectivity index (χ2v) is 8.71. The molecule has 4 rings (SSSR count). The Labute approximate surface area is 200 Å². The Bertz CT molecular complexity index is 1110. The molecule has 2 amide bonds. The number of hydrogen-bond donors (Lipinski definition) is 2. The number of hydrogen-bond acceptors (Lipinski definition) is 5. The lowest BCUT2D eigenvalue weighted by Gasteiger charge is -2.44. The lowest BCUT2D eigenvalue weighted by molar-refractivity contribution is 0.120. The summed E-state index contributed by atoms with van der Waals surface area (Å²) in [6.07, 6.45) is 1.92. The first-order valence-corrected chi connectivity index (χ1v) is 11.5. The highest BCUT2D eigenvalue weighted by Crippen LogP contribution is 2.32. The van der Waals surface area contributed by atoms with Gasteiger partial charge in [0.05, 0.1) is 6.04 Å². The van der Waals surface area contributed by atoms with Crippen LogP contribution in [0.2, 0.25) is 0 Å². The molecule has 0 radical (unpaired) electrons. The Balaban J connectivity index is 1.46. The molecule has 0 bridgehead atoms. The van der Waals surface area contributed by atoms with Gasteiger partial charge in [0, 0.05) is 37.1 Å². The number of carbonyl (C=O) groups is 1. The summed E-state index contributed by atoms with van der Waals surface area (Å²) in [6.45, 7) is 8.80. The summed E-state index contributed by atoms with van der Waals surface area (Å²) in [5.74, 6) is 2.05. The molecule has 34 heavy (non-hydrogen) atoms. The Hall–Kier alpha value is -3.93. The van der Waals surface area contributed by atoms with Gasteiger partial charge >= 0.3 is 6.03 Å².